The molecule has 3 unspecified atom stereocenters. The van der Waals surface area contributed by atoms with Crippen molar-refractivity contribution in [2.45, 2.75) is 24.9 Å². The molecule has 194 valence electrons. The first-order chi connectivity index (χ1) is 19.5. The lowest BCUT2D eigenvalue weighted by atomic mass is 9.69. The molecule has 6 heteroatoms. The van der Waals surface area contributed by atoms with Crippen LogP contribution in [0.5, 0.6) is 0 Å². The third-order valence-electron chi connectivity index (χ3n) is 8.00. The van der Waals surface area contributed by atoms with Gasteiger partial charge < -0.3 is 9.64 Å². The van der Waals surface area contributed by atoms with Gasteiger partial charge in [0, 0.05) is 22.7 Å². The fraction of sp³-hybridized carbons (Fsp3) is 0.176. The van der Waals surface area contributed by atoms with E-state index in [1.807, 2.05) is 83.8 Å². The van der Waals surface area contributed by atoms with Gasteiger partial charge in [-0.15, -0.1) is 0 Å². The topological polar surface area (TPSA) is 94.2 Å². The van der Waals surface area contributed by atoms with Crippen molar-refractivity contribution in [1.29, 1.82) is 10.5 Å². The molecule has 1 fully saturated rings. The number of fused-ring (bicyclic) bond motifs is 5. The molecule has 6 nitrogen and oxygen atoms in total. The molecule has 0 saturated carbocycles. The second-order valence-corrected chi connectivity index (χ2v) is 10.0. The number of nitrogens with zero attached hydrogens (tertiary/aromatic N) is 3. The SMILES string of the molecule is CCOC(=O)c1cccc(C(=O)C2C(c3ccccc3)C(C#N)(C#N)C3C=Cc4c(ccc5ccccc45)N23)c1. The van der Waals surface area contributed by atoms with Gasteiger partial charge in [0.1, 0.15) is 6.04 Å². The van der Waals surface area contributed by atoms with E-state index in [1.54, 1.807) is 25.1 Å². The summed E-state index contributed by atoms with van der Waals surface area (Å²) in [5, 5.41) is 23.4. The molecule has 0 bridgehead atoms. The Morgan fingerprint density at radius 2 is 1.62 bits per heavy atom. The zero-order valence-electron chi connectivity index (χ0n) is 21.8. The molecule has 1 saturated heterocycles. The molecular formula is C34H25N3O3. The van der Waals surface area contributed by atoms with Gasteiger partial charge in [-0.2, -0.15) is 10.5 Å². The zero-order valence-corrected chi connectivity index (χ0v) is 21.8. The third kappa shape index (κ3) is 3.69. The number of rotatable bonds is 5. The fourth-order valence-electron chi connectivity index (χ4n) is 6.27. The summed E-state index contributed by atoms with van der Waals surface area (Å²) in [5.41, 5.74) is 1.51. The Labute approximate surface area is 232 Å². The fourth-order valence-corrected chi connectivity index (χ4v) is 6.27. The number of Topliss-reactive ketones (excluding diaryl/α,β-unsaturated/α-hetero) is 1. The number of hydrogen-bond acceptors (Lipinski definition) is 6. The van der Waals surface area contributed by atoms with Gasteiger partial charge in [-0.3, -0.25) is 4.79 Å². The lowest BCUT2D eigenvalue weighted by Gasteiger charge is -2.36. The summed E-state index contributed by atoms with van der Waals surface area (Å²) in [6, 6.07) is 30.9. The molecule has 2 heterocycles. The predicted molar refractivity (Wildman–Crippen MR) is 153 cm³/mol. The highest BCUT2D eigenvalue weighted by molar-refractivity contribution is 6.07. The summed E-state index contributed by atoms with van der Waals surface area (Å²) in [6.07, 6.45) is 3.86. The molecule has 0 radical (unpaired) electrons. The van der Waals surface area contributed by atoms with Crippen LogP contribution < -0.4 is 4.90 Å². The highest BCUT2D eigenvalue weighted by Gasteiger charge is 2.63. The largest absolute Gasteiger partial charge is 0.462 e. The van der Waals surface area contributed by atoms with Crippen LogP contribution in [-0.2, 0) is 4.74 Å². The average molecular weight is 524 g/mol. The van der Waals surface area contributed by atoms with E-state index in [0.29, 0.717) is 5.56 Å². The molecule has 0 spiro atoms. The van der Waals surface area contributed by atoms with E-state index in [-0.39, 0.29) is 18.0 Å². The number of ketones is 1. The number of benzene rings is 4. The van der Waals surface area contributed by atoms with Crippen molar-refractivity contribution in [1.82, 2.24) is 0 Å². The summed E-state index contributed by atoms with van der Waals surface area (Å²) >= 11 is 0. The van der Waals surface area contributed by atoms with Gasteiger partial charge in [-0.1, -0.05) is 84.9 Å². The molecule has 2 aliphatic rings. The van der Waals surface area contributed by atoms with Crippen LogP contribution >= 0.6 is 0 Å². The Bertz CT molecular complexity index is 1750. The highest BCUT2D eigenvalue weighted by Crippen LogP contribution is 2.56. The first-order valence-corrected chi connectivity index (χ1v) is 13.2. The highest BCUT2D eigenvalue weighted by atomic mass is 16.5. The van der Waals surface area contributed by atoms with Gasteiger partial charge in [0.2, 0.25) is 0 Å². The van der Waals surface area contributed by atoms with Crippen LogP contribution in [-0.4, -0.2) is 30.4 Å². The Morgan fingerprint density at radius 1 is 0.900 bits per heavy atom. The summed E-state index contributed by atoms with van der Waals surface area (Å²) < 4.78 is 5.16. The number of esters is 1. The second kappa shape index (κ2) is 9.84. The first-order valence-electron chi connectivity index (χ1n) is 13.2. The quantitative estimate of drug-likeness (QED) is 0.225. The molecule has 0 aliphatic carbocycles. The normalized spacial score (nSPS) is 20.2. The molecule has 4 aromatic carbocycles. The van der Waals surface area contributed by atoms with E-state index in [9.17, 15) is 20.1 Å². The van der Waals surface area contributed by atoms with E-state index < -0.39 is 29.4 Å². The number of anilines is 1. The van der Waals surface area contributed by atoms with Crippen molar-refractivity contribution in [3.63, 3.8) is 0 Å². The van der Waals surface area contributed by atoms with Crippen LogP contribution in [0.15, 0.2) is 97.1 Å². The van der Waals surface area contributed by atoms with E-state index >= 15 is 0 Å². The van der Waals surface area contributed by atoms with Crippen LogP contribution in [0.25, 0.3) is 16.8 Å². The summed E-state index contributed by atoms with van der Waals surface area (Å²) in [4.78, 5) is 29.0. The molecule has 3 atom stereocenters. The number of nitriles is 2. The number of ether oxygens (including phenoxy) is 1. The maximum absolute atomic E-state index is 14.6. The Hall–Kier alpha value is -5.20. The van der Waals surface area contributed by atoms with Gasteiger partial charge in [0.15, 0.2) is 11.2 Å². The summed E-state index contributed by atoms with van der Waals surface area (Å²) in [7, 11) is 0. The molecule has 0 amide bonds. The minimum absolute atomic E-state index is 0.217. The van der Waals surface area contributed by atoms with Crippen molar-refractivity contribution in [3.05, 3.63) is 119 Å². The smallest absolute Gasteiger partial charge is 0.338 e. The summed E-state index contributed by atoms with van der Waals surface area (Å²) in [5.74, 6) is -1.54. The van der Waals surface area contributed by atoms with Gasteiger partial charge in [-0.05, 0) is 41.5 Å². The summed E-state index contributed by atoms with van der Waals surface area (Å²) in [6.45, 7) is 1.94. The van der Waals surface area contributed by atoms with E-state index in [4.69, 9.17) is 4.74 Å². The molecule has 0 aromatic heterocycles. The molecule has 2 aliphatic heterocycles. The van der Waals surface area contributed by atoms with Crippen molar-refractivity contribution in [2.24, 2.45) is 5.41 Å². The van der Waals surface area contributed by atoms with E-state index in [0.717, 1.165) is 27.6 Å². The second-order valence-electron chi connectivity index (χ2n) is 10.0. The minimum Gasteiger partial charge on any atom is -0.462 e. The minimum atomic E-state index is -1.54. The number of carbonyl (C=O) groups excluding carboxylic acids is 2. The standard InChI is InChI=1S/C34H25N3O3/c1-2-40-33(39)25-13-8-12-24(19-25)32(38)31-30(23-10-4-3-5-11-23)34(20-35,21-36)29-18-16-27-26-14-7-6-9-22(26)15-17-28(27)37(29)31/h3-19,29-31H,2H2,1H3. The van der Waals surface area contributed by atoms with Crippen LogP contribution in [0, 0.1) is 28.1 Å². The van der Waals surface area contributed by atoms with Gasteiger partial charge in [0.25, 0.3) is 0 Å². The van der Waals surface area contributed by atoms with Gasteiger partial charge in [-0.25, -0.2) is 4.79 Å². The van der Waals surface area contributed by atoms with Crippen molar-refractivity contribution in [2.75, 3.05) is 11.5 Å². The molecule has 6 rings (SSSR count). The maximum Gasteiger partial charge on any atom is 0.338 e. The predicted octanol–water partition coefficient (Wildman–Crippen LogP) is 6.30. The van der Waals surface area contributed by atoms with Crippen molar-refractivity contribution in [3.8, 4) is 12.1 Å². The van der Waals surface area contributed by atoms with Crippen molar-refractivity contribution >= 4 is 34.3 Å². The van der Waals surface area contributed by atoms with Gasteiger partial charge >= 0.3 is 5.97 Å². The lowest BCUT2D eigenvalue weighted by Crippen LogP contribution is -2.44. The molecule has 40 heavy (non-hydrogen) atoms. The molecule has 0 N–H and O–H groups in total. The van der Waals surface area contributed by atoms with Crippen LogP contribution in [0.2, 0.25) is 0 Å². The Kier molecular flexibility index (Phi) is 6.17. The van der Waals surface area contributed by atoms with Crippen LogP contribution in [0.3, 0.4) is 0 Å². The lowest BCUT2D eigenvalue weighted by molar-refractivity contribution is 0.0526. The third-order valence-corrected chi connectivity index (χ3v) is 8.00. The Morgan fingerprint density at radius 3 is 2.38 bits per heavy atom. The zero-order chi connectivity index (χ0) is 27.9. The maximum atomic E-state index is 14.6. The van der Waals surface area contributed by atoms with Gasteiger partial charge in [0.05, 0.1) is 30.4 Å². The number of carbonyl (C=O) groups is 2. The molecule has 4 aromatic rings. The van der Waals surface area contributed by atoms with Crippen molar-refractivity contribution < 1.29 is 14.3 Å². The molecular weight excluding hydrogens is 498 g/mol. The average Bonchev–Trinajstić information content (AvgIpc) is 3.32. The van der Waals surface area contributed by atoms with Crippen LogP contribution in [0.1, 0.15) is 44.7 Å². The number of hydrogen-bond donors (Lipinski definition) is 0. The van der Waals surface area contributed by atoms with Crippen LogP contribution in [0.4, 0.5) is 5.69 Å². The monoisotopic (exact) mass is 523 g/mol. The van der Waals surface area contributed by atoms with E-state index in [2.05, 4.69) is 12.1 Å². The Balaban J connectivity index is 1.59. The van der Waals surface area contributed by atoms with E-state index in [1.165, 1.54) is 6.07 Å². The first kappa shape index (κ1) is 25.1.